The van der Waals surface area contributed by atoms with E-state index in [1.165, 1.54) is 14.2 Å². The zero-order valence-corrected chi connectivity index (χ0v) is 8.67. The minimum absolute atomic E-state index is 0.0346. The third-order valence-electron chi connectivity index (χ3n) is 1.79. The van der Waals surface area contributed by atoms with Crippen molar-refractivity contribution >= 4 is 11.6 Å². The van der Waals surface area contributed by atoms with Crippen LogP contribution in [0.2, 0.25) is 5.02 Å². The van der Waals surface area contributed by atoms with E-state index in [4.69, 9.17) is 21.1 Å². The van der Waals surface area contributed by atoms with Crippen LogP contribution in [0.15, 0.2) is 17.3 Å². The number of halogens is 1. The van der Waals surface area contributed by atoms with Crippen molar-refractivity contribution in [3.63, 3.8) is 0 Å². The van der Waals surface area contributed by atoms with Gasteiger partial charge in [0.05, 0.1) is 19.2 Å². The Kier molecular flexibility index (Phi) is 3.71. The molecule has 0 radical (unpaired) electrons. The molecule has 0 aromatic heterocycles. The van der Waals surface area contributed by atoms with Crippen molar-refractivity contribution in [2.24, 2.45) is 5.18 Å². The third-order valence-corrected chi connectivity index (χ3v) is 2.09. The maximum absolute atomic E-state index is 10.1. The molecule has 0 saturated carbocycles. The van der Waals surface area contributed by atoms with Gasteiger partial charge in [0, 0.05) is 11.6 Å². The summed E-state index contributed by atoms with van der Waals surface area (Å²) in [5.41, 5.74) is 0.647. The van der Waals surface area contributed by atoms with E-state index < -0.39 is 0 Å². The van der Waals surface area contributed by atoms with Crippen molar-refractivity contribution in [2.75, 3.05) is 14.2 Å². The Labute approximate surface area is 86.8 Å². The lowest BCUT2D eigenvalue weighted by Crippen LogP contribution is -1.93. The van der Waals surface area contributed by atoms with Gasteiger partial charge in [0.25, 0.3) is 0 Å². The zero-order chi connectivity index (χ0) is 10.6. The van der Waals surface area contributed by atoms with E-state index in [1.54, 1.807) is 12.1 Å². The number of hydrogen-bond donors (Lipinski definition) is 0. The van der Waals surface area contributed by atoms with E-state index in [0.717, 1.165) is 0 Å². The number of methoxy groups -OCH3 is 2. The van der Waals surface area contributed by atoms with Crippen LogP contribution in [0.1, 0.15) is 5.56 Å². The second-order valence-corrected chi connectivity index (χ2v) is 2.99. The molecule has 0 fully saturated rings. The average Bonchev–Trinajstić information content (AvgIpc) is 2.19. The van der Waals surface area contributed by atoms with Crippen molar-refractivity contribution in [3.8, 4) is 11.5 Å². The highest BCUT2D eigenvalue weighted by molar-refractivity contribution is 6.32. The molecule has 76 valence electrons. The lowest BCUT2D eigenvalue weighted by Gasteiger charge is -2.09. The molecule has 0 aliphatic heterocycles. The van der Waals surface area contributed by atoms with Crippen LogP contribution in [-0.4, -0.2) is 14.2 Å². The first-order valence-corrected chi connectivity index (χ1v) is 4.30. The van der Waals surface area contributed by atoms with Crippen LogP contribution >= 0.6 is 11.6 Å². The Hall–Kier alpha value is -1.29. The van der Waals surface area contributed by atoms with Crippen LogP contribution in [-0.2, 0) is 6.54 Å². The molecule has 1 rings (SSSR count). The Bertz CT molecular complexity index is 341. The van der Waals surface area contributed by atoms with Gasteiger partial charge in [-0.2, -0.15) is 4.91 Å². The second kappa shape index (κ2) is 4.81. The topological polar surface area (TPSA) is 47.9 Å². The van der Waals surface area contributed by atoms with Gasteiger partial charge in [-0.1, -0.05) is 16.8 Å². The van der Waals surface area contributed by atoms with E-state index >= 15 is 0 Å². The summed E-state index contributed by atoms with van der Waals surface area (Å²) in [6.45, 7) is 0.0346. The van der Waals surface area contributed by atoms with Gasteiger partial charge in [0.15, 0.2) is 0 Å². The minimum Gasteiger partial charge on any atom is -0.496 e. The van der Waals surface area contributed by atoms with E-state index in [1.807, 2.05) is 0 Å². The summed E-state index contributed by atoms with van der Waals surface area (Å²) < 4.78 is 10.1. The monoisotopic (exact) mass is 215 g/mol. The highest BCUT2D eigenvalue weighted by Gasteiger charge is 2.09. The predicted molar refractivity (Wildman–Crippen MR) is 54.1 cm³/mol. The van der Waals surface area contributed by atoms with Crippen molar-refractivity contribution < 1.29 is 9.47 Å². The molecule has 0 unspecified atom stereocenters. The van der Waals surface area contributed by atoms with Crippen molar-refractivity contribution in [3.05, 3.63) is 27.6 Å². The van der Waals surface area contributed by atoms with Gasteiger partial charge in [-0.15, -0.1) is 0 Å². The summed E-state index contributed by atoms with van der Waals surface area (Å²) in [4.78, 5) is 10.1. The lowest BCUT2D eigenvalue weighted by molar-refractivity contribution is 0.391. The molecule has 5 heteroatoms. The molecule has 0 aliphatic rings. The third kappa shape index (κ3) is 2.14. The maximum atomic E-state index is 10.1. The molecule has 4 nitrogen and oxygen atoms in total. The van der Waals surface area contributed by atoms with Crippen LogP contribution < -0.4 is 9.47 Å². The number of benzene rings is 1. The minimum atomic E-state index is 0.0346. The summed E-state index contributed by atoms with van der Waals surface area (Å²) in [6, 6.07) is 3.24. The standard InChI is InChI=1S/C9H10ClNO3/c1-13-8-4-9(14-2)7(10)3-6(8)5-11-12/h3-4H,5H2,1-2H3. The van der Waals surface area contributed by atoms with Crippen LogP contribution in [0.4, 0.5) is 0 Å². The first-order chi connectivity index (χ1) is 6.72. The summed E-state index contributed by atoms with van der Waals surface area (Å²) in [6.07, 6.45) is 0. The highest BCUT2D eigenvalue weighted by Crippen LogP contribution is 2.32. The molecule has 0 saturated heterocycles. The number of rotatable bonds is 4. The van der Waals surface area contributed by atoms with Gasteiger partial charge in [0.2, 0.25) is 0 Å². The van der Waals surface area contributed by atoms with Gasteiger partial charge in [-0.25, -0.2) is 0 Å². The number of ether oxygens (including phenoxy) is 2. The largest absolute Gasteiger partial charge is 0.496 e. The number of nitroso groups, excluding NO2 is 1. The first-order valence-electron chi connectivity index (χ1n) is 3.92. The predicted octanol–water partition coefficient (Wildman–Crippen LogP) is 2.62. The van der Waals surface area contributed by atoms with Crippen LogP contribution in [0.5, 0.6) is 11.5 Å². The summed E-state index contributed by atoms with van der Waals surface area (Å²) >= 11 is 5.87. The Balaban J connectivity index is 3.16. The van der Waals surface area contributed by atoms with Crippen LogP contribution in [0.3, 0.4) is 0 Å². The van der Waals surface area contributed by atoms with Gasteiger partial charge < -0.3 is 9.47 Å². The normalized spacial score (nSPS) is 9.64. The summed E-state index contributed by atoms with van der Waals surface area (Å²) in [5, 5.41) is 3.22. The maximum Gasteiger partial charge on any atom is 0.141 e. The molecule has 0 amide bonds. The number of hydrogen-bond acceptors (Lipinski definition) is 4. The molecular weight excluding hydrogens is 206 g/mol. The lowest BCUT2D eigenvalue weighted by atomic mass is 10.2. The Morgan fingerprint density at radius 1 is 1.29 bits per heavy atom. The summed E-state index contributed by atoms with van der Waals surface area (Å²) in [7, 11) is 3.02. The Morgan fingerprint density at radius 2 is 1.93 bits per heavy atom. The van der Waals surface area contributed by atoms with Crippen molar-refractivity contribution in [2.45, 2.75) is 6.54 Å². The molecule has 0 bridgehead atoms. The smallest absolute Gasteiger partial charge is 0.141 e. The second-order valence-electron chi connectivity index (χ2n) is 2.59. The molecule has 0 N–H and O–H groups in total. The fraction of sp³-hybridized carbons (Fsp3) is 0.333. The highest BCUT2D eigenvalue weighted by atomic mass is 35.5. The molecular formula is C9H10ClNO3. The molecule has 1 aromatic rings. The fourth-order valence-electron chi connectivity index (χ4n) is 1.12. The van der Waals surface area contributed by atoms with Gasteiger partial charge >= 0.3 is 0 Å². The zero-order valence-electron chi connectivity index (χ0n) is 7.91. The van der Waals surface area contributed by atoms with E-state index in [9.17, 15) is 4.91 Å². The van der Waals surface area contributed by atoms with Gasteiger partial charge in [-0.05, 0) is 6.07 Å². The quantitative estimate of drug-likeness (QED) is 0.726. The molecule has 0 aliphatic carbocycles. The van der Waals surface area contributed by atoms with E-state index in [0.29, 0.717) is 22.1 Å². The van der Waals surface area contributed by atoms with Crippen molar-refractivity contribution in [1.29, 1.82) is 0 Å². The van der Waals surface area contributed by atoms with Gasteiger partial charge in [0.1, 0.15) is 18.0 Å². The average molecular weight is 216 g/mol. The molecule has 1 aromatic carbocycles. The molecule has 0 spiro atoms. The van der Waals surface area contributed by atoms with Crippen LogP contribution in [0.25, 0.3) is 0 Å². The fourth-order valence-corrected chi connectivity index (χ4v) is 1.38. The van der Waals surface area contributed by atoms with E-state index in [-0.39, 0.29) is 6.54 Å². The van der Waals surface area contributed by atoms with Crippen molar-refractivity contribution in [1.82, 2.24) is 0 Å². The van der Waals surface area contributed by atoms with E-state index in [2.05, 4.69) is 5.18 Å². The van der Waals surface area contributed by atoms with Gasteiger partial charge in [-0.3, -0.25) is 0 Å². The molecule has 0 atom stereocenters. The SMILES string of the molecule is COc1cc(OC)c(CN=O)cc1Cl. The Morgan fingerprint density at radius 3 is 2.43 bits per heavy atom. The molecule has 14 heavy (non-hydrogen) atoms. The van der Waals surface area contributed by atoms with Crippen LogP contribution in [0, 0.1) is 4.91 Å². The first kappa shape index (κ1) is 10.8. The molecule has 0 heterocycles. The summed E-state index contributed by atoms with van der Waals surface area (Å²) in [5.74, 6) is 1.06. The number of nitrogens with zero attached hydrogens (tertiary/aromatic N) is 1.